The van der Waals surface area contributed by atoms with E-state index < -0.39 is 60.2 Å². The molecule has 0 saturated heterocycles. The lowest BCUT2D eigenvalue weighted by Crippen LogP contribution is -2.57. The SMILES string of the molecule is CC(NC(=O)C(NC(=O)C(N)CCCN=C(N)N)C(C)C)C(=O)NC(CC(=O)O)C(=O)O. The largest absolute Gasteiger partial charge is 0.481 e. The first kappa shape index (κ1) is 28.6. The highest BCUT2D eigenvalue weighted by Crippen LogP contribution is 2.05. The van der Waals surface area contributed by atoms with Crippen LogP contribution >= 0.6 is 0 Å². The Bertz CT molecular complexity index is 722. The summed E-state index contributed by atoms with van der Waals surface area (Å²) < 4.78 is 0. The smallest absolute Gasteiger partial charge is 0.326 e. The molecule has 32 heavy (non-hydrogen) atoms. The third-order valence-corrected chi connectivity index (χ3v) is 4.30. The van der Waals surface area contributed by atoms with Crippen molar-refractivity contribution in [3.8, 4) is 0 Å². The lowest BCUT2D eigenvalue weighted by molar-refractivity contribution is -0.147. The summed E-state index contributed by atoms with van der Waals surface area (Å²) in [4.78, 5) is 62.7. The van der Waals surface area contributed by atoms with Gasteiger partial charge in [0.05, 0.1) is 12.5 Å². The zero-order chi connectivity index (χ0) is 25.0. The summed E-state index contributed by atoms with van der Waals surface area (Å²) in [5, 5.41) is 24.7. The summed E-state index contributed by atoms with van der Waals surface area (Å²) in [6.07, 6.45) is -0.106. The van der Waals surface area contributed by atoms with Crippen LogP contribution in [0.15, 0.2) is 4.99 Å². The van der Waals surface area contributed by atoms with Crippen molar-refractivity contribution in [1.82, 2.24) is 16.0 Å². The number of amides is 3. The van der Waals surface area contributed by atoms with Gasteiger partial charge in [-0.1, -0.05) is 13.8 Å². The van der Waals surface area contributed by atoms with Crippen LogP contribution in [-0.4, -0.2) is 76.5 Å². The summed E-state index contributed by atoms with van der Waals surface area (Å²) in [7, 11) is 0. The first-order valence-electron chi connectivity index (χ1n) is 9.92. The van der Waals surface area contributed by atoms with Gasteiger partial charge in [0.15, 0.2) is 5.96 Å². The fourth-order valence-electron chi connectivity index (χ4n) is 2.49. The average Bonchev–Trinajstić information content (AvgIpc) is 2.67. The van der Waals surface area contributed by atoms with Crippen molar-refractivity contribution in [2.24, 2.45) is 28.1 Å². The van der Waals surface area contributed by atoms with Gasteiger partial charge in [-0.3, -0.25) is 24.2 Å². The maximum absolute atomic E-state index is 12.6. The highest BCUT2D eigenvalue weighted by Gasteiger charge is 2.30. The lowest BCUT2D eigenvalue weighted by Gasteiger charge is -2.25. The molecule has 0 aliphatic rings. The number of nitrogens with two attached hydrogens (primary N) is 3. The Kier molecular flexibility index (Phi) is 12.3. The molecule has 0 fully saturated rings. The van der Waals surface area contributed by atoms with Gasteiger partial charge in [0.2, 0.25) is 17.7 Å². The number of carbonyl (C=O) groups excluding carboxylic acids is 3. The summed E-state index contributed by atoms with van der Waals surface area (Å²) in [6, 6.07) is -4.77. The topological polar surface area (TPSA) is 252 Å². The predicted molar refractivity (Wildman–Crippen MR) is 114 cm³/mol. The number of rotatable bonds is 14. The van der Waals surface area contributed by atoms with Crippen LogP contribution in [0.1, 0.15) is 40.0 Å². The highest BCUT2D eigenvalue weighted by atomic mass is 16.4. The van der Waals surface area contributed by atoms with Gasteiger partial charge in [0.25, 0.3) is 0 Å². The van der Waals surface area contributed by atoms with E-state index in [2.05, 4.69) is 15.6 Å². The number of nitrogens with zero attached hydrogens (tertiary/aromatic N) is 1. The standard InChI is InChI=1S/C18H33N7O7/c1-8(2)13(25-15(29)10(19)5-4-6-22-18(20)21)16(30)23-9(3)14(28)24-11(17(31)32)7-12(26)27/h8-11,13H,4-7,19H2,1-3H3,(H,23,30)(H,24,28)(H,25,29)(H,26,27)(H,31,32)(H4,20,21,22). The van der Waals surface area contributed by atoms with Crippen LogP contribution in [0.25, 0.3) is 0 Å². The molecule has 182 valence electrons. The number of carboxylic acids is 2. The minimum Gasteiger partial charge on any atom is -0.481 e. The molecular weight excluding hydrogens is 426 g/mol. The zero-order valence-corrected chi connectivity index (χ0v) is 18.3. The summed E-state index contributed by atoms with van der Waals surface area (Å²) >= 11 is 0. The van der Waals surface area contributed by atoms with E-state index in [1.807, 2.05) is 5.32 Å². The Morgan fingerprint density at radius 2 is 1.50 bits per heavy atom. The lowest BCUT2D eigenvalue weighted by atomic mass is 10.0. The van der Waals surface area contributed by atoms with E-state index >= 15 is 0 Å². The van der Waals surface area contributed by atoms with Gasteiger partial charge in [0.1, 0.15) is 18.1 Å². The average molecular weight is 460 g/mol. The van der Waals surface area contributed by atoms with E-state index in [0.29, 0.717) is 13.0 Å². The second-order valence-corrected chi connectivity index (χ2v) is 7.51. The third kappa shape index (κ3) is 11.1. The van der Waals surface area contributed by atoms with Gasteiger partial charge in [0, 0.05) is 6.54 Å². The Morgan fingerprint density at radius 1 is 0.906 bits per heavy atom. The monoisotopic (exact) mass is 459 g/mol. The molecule has 0 radical (unpaired) electrons. The number of guanidine groups is 1. The molecule has 0 bridgehead atoms. The Labute approximate surface area is 185 Å². The van der Waals surface area contributed by atoms with Crippen LogP contribution in [0.4, 0.5) is 0 Å². The molecule has 0 aliphatic heterocycles. The molecule has 3 amide bonds. The van der Waals surface area contributed by atoms with Crippen molar-refractivity contribution in [3.05, 3.63) is 0 Å². The molecule has 4 unspecified atom stereocenters. The molecule has 0 aromatic carbocycles. The van der Waals surface area contributed by atoms with Crippen molar-refractivity contribution in [3.63, 3.8) is 0 Å². The Hall–Kier alpha value is -3.42. The quantitative estimate of drug-likeness (QED) is 0.0744. The Balaban J connectivity index is 4.92. The van der Waals surface area contributed by atoms with Gasteiger partial charge < -0.3 is 43.4 Å². The van der Waals surface area contributed by atoms with E-state index in [1.54, 1.807) is 13.8 Å². The van der Waals surface area contributed by atoms with Crippen molar-refractivity contribution in [2.45, 2.75) is 64.2 Å². The van der Waals surface area contributed by atoms with Gasteiger partial charge in [-0.05, 0) is 25.7 Å². The molecule has 0 rings (SSSR count). The summed E-state index contributed by atoms with van der Waals surface area (Å²) in [5.74, 6) is -5.52. The van der Waals surface area contributed by atoms with E-state index in [9.17, 15) is 24.0 Å². The van der Waals surface area contributed by atoms with Crippen molar-refractivity contribution >= 4 is 35.6 Å². The molecule has 14 heteroatoms. The normalized spacial score (nSPS) is 14.4. The molecule has 4 atom stereocenters. The van der Waals surface area contributed by atoms with Crippen LogP contribution < -0.4 is 33.2 Å². The van der Waals surface area contributed by atoms with Gasteiger partial charge >= 0.3 is 11.9 Å². The molecule has 0 spiro atoms. The second-order valence-electron chi connectivity index (χ2n) is 7.51. The molecule has 14 nitrogen and oxygen atoms in total. The molecule has 0 aromatic rings. The van der Waals surface area contributed by atoms with E-state index in [1.165, 1.54) is 6.92 Å². The Morgan fingerprint density at radius 3 is 1.97 bits per heavy atom. The maximum atomic E-state index is 12.6. The molecule has 11 N–H and O–H groups in total. The van der Waals surface area contributed by atoms with Crippen LogP contribution in [0, 0.1) is 5.92 Å². The second kappa shape index (κ2) is 13.8. The number of nitrogens with one attached hydrogen (secondary N) is 3. The van der Waals surface area contributed by atoms with Crippen LogP contribution in [0.2, 0.25) is 0 Å². The van der Waals surface area contributed by atoms with Crippen LogP contribution in [0.5, 0.6) is 0 Å². The van der Waals surface area contributed by atoms with Gasteiger partial charge in [-0.25, -0.2) is 4.79 Å². The predicted octanol–water partition coefficient (Wildman–Crippen LogP) is -2.94. The number of carboxylic acid groups (broad SMARTS) is 2. The minimum atomic E-state index is -1.66. The molecule has 0 aromatic heterocycles. The number of hydrogen-bond acceptors (Lipinski definition) is 7. The van der Waals surface area contributed by atoms with Crippen molar-refractivity contribution in [2.75, 3.05) is 6.54 Å². The highest BCUT2D eigenvalue weighted by molar-refractivity contribution is 5.94. The third-order valence-electron chi connectivity index (χ3n) is 4.30. The molecular formula is C18H33N7O7. The van der Waals surface area contributed by atoms with E-state index in [-0.39, 0.29) is 18.3 Å². The zero-order valence-electron chi connectivity index (χ0n) is 18.3. The number of hydrogen-bond donors (Lipinski definition) is 8. The number of aliphatic imine (C=N–C) groups is 1. The van der Waals surface area contributed by atoms with Crippen molar-refractivity contribution < 1.29 is 34.2 Å². The number of carbonyl (C=O) groups is 5. The fourth-order valence-corrected chi connectivity index (χ4v) is 2.49. The summed E-state index contributed by atoms with van der Waals surface area (Å²) in [5.41, 5.74) is 16.3. The van der Waals surface area contributed by atoms with E-state index in [4.69, 9.17) is 27.4 Å². The minimum absolute atomic E-state index is 0.0737. The van der Waals surface area contributed by atoms with Gasteiger partial charge in [-0.15, -0.1) is 0 Å². The maximum Gasteiger partial charge on any atom is 0.326 e. The number of aliphatic carboxylic acids is 2. The molecule has 0 heterocycles. The summed E-state index contributed by atoms with van der Waals surface area (Å²) in [6.45, 7) is 4.93. The first-order chi connectivity index (χ1) is 14.8. The van der Waals surface area contributed by atoms with Crippen LogP contribution in [0.3, 0.4) is 0 Å². The van der Waals surface area contributed by atoms with Crippen molar-refractivity contribution in [1.29, 1.82) is 0 Å². The fraction of sp³-hybridized carbons (Fsp3) is 0.667. The van der Waals surface area contributed by atoms with Crippen LogP contribution in [-0.2, 0) is 24.0 Å². The first-order valence-corrected chi connectivity index (χ1v) is 9.92. The van der Waals surface area contributed by atoms with E-state index in [0.717, 1.165) is 0 Å². The molecule has 0 aliphatic carbocycles. The van der Waals surface area contributed by atoms with Gasteiger partial charge in [-0.2, -0.15) is 0 Å². The molecule has 0 saturated carbocycles.